The van der Waals surface area contributed by atoms with Gasteiger partial charge in [-0.05, 0) is 31.4 Å². The van der Waals surface area contributed by atoms with Crippen LogP contribution in [0, 0.1) is 11.7 Å². The van der Waals surface area contributed by atoms with Crippen molar-refractivity contribution >= 4 is 15.7 Å². The molecule has 0 heterocycles. The van der Waals surface area contributed by atoms with Gasteiger partial charge in [-0.1, -0.05) is 26.3 Å². The molecular weight excluding hydrogens is 267 g/mol. The molecule has 2 unspecified atom stereocenters. The second kappa shape index (κ2) is 6.34. The van der Waals surface area contributed by atoms with Crippen LogP contribution in [0.3, 0.4) is 0 Å². The zero-order valence-electron chi connectivity index (χ0n) is 11.5. The Morgan fingerprint density at radius 2 is 2.00 bits per heavy atom. The van der Waals surface area contributed by atoms with Crippen molar-refractivity contribution in [1.29, 1.82) is 0 Å². The van der Waals surface area contributed by atoms with Gasteiger partial charge in [-0.15, -0.1) is 0 Å². The van der Waals surface area contributed by atoms with Crippen LogP contribution in [0.25, 0.3) is 0 Å². The number of hydrogen-bond donors (Lipinski definition) is 2. The number of anilines is 1. The Morgan fingerprint density at radius 1 is 1.37 bits per heavy atom. The minimum atomic E-state index is -3.92. The quantitative estimate of drug-likeness (QED) is 0.790. The van der Waals surface area contributed by atoms with Gasteiger partial charge in [0.25, 0.3) is 0 Å². The Kier molecular flexibility index (Phi) is 5.31. The summed E-state index contributed by atoms with van der Waals surface area (Å²) in [6, 6.07) is 3.58. The SMILES string of the molecule is CCC(C)CC(C)NS(=O)(=O)c1c(N)cccc1F. The molecule has 3 N–H and O–H groups in total. The van der Waals surface area contributed by atoms with Crippen molar-refractivity contribution in [2.75, 3.05) is 5.73 Å². The molecule has 6 heteroatoms. The Morgan fingerprint density at radius 3 is 2.53 bits per heavy atom. The smallest absolute Gasteiger partial charge is 0.245 e. The van der Waals surface area contributed by atoms with E-state index in [0.717, 1.165) is 12.5 Å². The van der Waals surface area contributed by atoms with Crippen molar-refractivity contribution in [2.24, 2.45) is 5.92 Å². The standard InChI is InChI=1S/C13H21FN2O2S/c1-4-9(2)8-10(3)16-19(17,18)13-11(14)6-5-7-12(13)15/h5-7,9-10,16H,4,8,15H2,1-3H3. The van der Waals surface area contributed by atoms with E-state index in [-0.39, 0.29) is 11.7 Å². The topological polar surface area (TPSA) is 72.2 Å². The molecule has 0 aliphatic rings. The van der Waals surface area contributed by atoms with Crippen LogP contribution in [0.5, 0.6) is 0 Å². The Balaban J connectivity index is 2.93. The summed E-state index contributed by atoms with van der Waals surface area (Å²) in [4.78, 5) is -0.467. The molecule has 0 radical (unpaired) electrons. The minimum Gasteiger partial charge on any atom is -0.398 e. The number of nitrogens with one attached hydrogen (secondary N) is 1. The molecule has 1 aromatic rings. The Labute approximate surface area is 114 Å². The average Bonchev–Trinajstić information content (AvgIpc) is 2.26. The first-order valence-corrected chi connectivity index (χ1v) is 7.82. The fourth-order valence-electron chi connectivity index (χ4n) is 1.95. The number of hydrogen-bond acceptors (Lipinski definition) is 3. The molecular formula is C13H21FN2O2S. The van der Waals surface area contributed by atoms with Gasteiger partial charge in [0.15, 0.2) is 0 Å². The van der Waals surface area contributed by atoms with Crippen LogP contribution in [-0.2, 0) is 10.0 Å². The summed E-state index contributed by atoms with van der Waals surface area (Å²) < 4.78 is 40.3. The fourth-order valence-corrected chi connectivity index (χ4v) is 3.40. The van der Waals surface area contributed by atoms with Crippen LogP contribution in [-0.4, -0.2) is 14.5 Å². The van der Waals surface area contributed by atoms with Gasteiger partial charge in [-0.2, -0.15) is 0 Å². The van der Waals surface area contributed by atoms with Crippen molar-refractivity contribution in [3.05, 3.63) is 24.0 Å². The predicted octanol–water partition coefficient (Wildman–Crippen LogP) is 2.51. The van der Waals surface area contributed by atoms with E-state index in [1.54, 1.807) is 6.92 Å². The van der Waals surface area contributed by atoms with Crippen LogP contribution in [0.1, 0.15) is 33.6 Å². The molecule has 1 rings (SSSR count). The van der Waals surface area contributed by atoms with E-state index in [4.69, 9.17) is 5.73 Å². The number of nitrogens with two attached hydrogens (primary N) is 1. The molecule has 0 saturated heterocycles. The molecule has 0 fully saturated rings. The predicted molar refractivity (Wildman–Crippen MR) is 74.7 cm³/mol. The van der Waals surface area contributed by atoms with E-state index in [0.29, 0.717) is 12.3 Å². The van der Waals surface area contributed by atoms with Crippen LogP contribution >= 0.6 is 0 Å². The number of rotatable bonds is 6. The van der Waals surface area contributed by atoms with E-state index in [2.05, 4.69) is 4.72 Å². The second-order valence-corrected chi connectivity index (χ2v) is 6.58. The third-order valence-electron chi connectivity index (χ3n) is 3.08. The van der Waals surface area contributed by atoms with Crippen molar-refractivity contribution < 1.29 is 12.8 Å². The Hall–Kier alpha value is -1.14. The zero-order chi connectivity index (χ0) is 14.6. The maximum Gasteiger partial charge on any atom is 0.245 e. The lowest BCUT2D eigenvalue weighted by atomic mass is 10.0. The van der Waals surface area contributed by atoms with E-state index < -0.39 is 20.7 Å². The van der Waals surface area contributed by atoms with Gasteiger partial charge in [0.1, 0.15) is 10.7 Å². The Bertz CT molecular complexity index is 511. The normalized spacial score (nSPS) is 15.2. The summed E-state index contributed by atoms with van der Waals surface area (Å²) in [5, 5.41) is 0. The fraction of sp³-hybridized carbons (Fsp3) is 0.538. The molecule has 0 amide bonds. The molecule has 108 valence electrons. The van der Waals surface area contributed by atoms with Gasteiger partial charge < -0.3 is 5.73 Å². The lowest BCUT2D eigenvalue weighted by molar-refractivity contribution is 0.444. The second-order valence-electron chi connectivity index (χ2n) is 4.93. The zero-order valence-corrected chi connectivity index (χ0v) is 12.3. The summed E-state index contributed by atoms with van der Waals surface area (Å²) >= 11 is 0. The highest BCUT2D eigenvalue weighted by Crippen LogP contribution is 2.22. The maximum atomic E-state index is 13.6. The van der Waals surface area contributed by atoms with Crippen LogP contribution in [0.4, 0.5) is 10.1 Å². The highest BCUT2D eigenvalue weighted by Gasteiger charge is 2.24. The molecule has 0 bridgehead atoms. The molecule has 4 nitrogen and oxygen atoms in total. The highest BCUT2D eigenvalue weighted by molar-refractivity contribution is 7.89. The average molecular weight is 288 g/mol. The first kappa shape index (κ1) is 15.9. The van der Waals surface area contributed by atoms with Gasteiger partial charge in [0.2, 0.25) is 10.0 Å². The van der Waals surface area contributed by atoms with Gasteiger partial charge in [0.05, 0.1) is 5.69 Å². The van der Waals surface area contributed by atoms with Crippen LogP contribution < -0.4 is 10.5 Å². The van der Waals surface area contributed by atoms with Crippen molar-refractivity contribution in [3.8, 4) is 0 Å². The molecule has 19 heavy (non-hydrogen) atoms. The first-order valence-electron chi connectivity index (χ1n) is 6.34. The van der Waals surface area contributed by atoms with Crippen LogP contribution in [0.15, 0.2) is 23.1 Å². The van der Waals surface area contributed by atoms with Gasteiger partial charge in [0, 0.05) is 6.04 Å². The third-order valence-corrected chi connectivity index (χ3v) is 4.76. The molecule has 0 aliphatic heterocycles. The number of nitrogen functional groups attached to an aromatic ring is 1. The van der Waals surface area contributed by atoms with Crippen molar-refractivity contribution in [3.63, 3.8) is 0 Å². The number of halogens is 1. The first-order chi connectivity index (χ1) is 8.77. The third kappa shape index (κ3) is 4.18. The molecule has 0 spiro atoms. The summed E-state index contributed by atoms with van der Waals surface area (Å²) in [5.41, 5.74) is 5.47. The number of benzene rings is 1. The van der Waals surface area contributed by atoms with Crippen molar-refractivity contribution in [1.82, 2.24) is 4.72 Å². The van der Waals surface area contributed by atoms with Gasteiger partial charge in [-0.25, -0.2) is 17.5 Å². The van der Waals surface area contributed by atoms with Gasteiger partial charge in [-0.3, -0.25) is 0 Å². The van der Waals surface area contributed by atoms with Gasteiger partial charge >= 0.3 is 0 Å². The molecule has 2 atom stereocenters. The minimum absolute atomic E-state index is 0.0803. The summed E-state index contributed by atoms with van der Waals surface area (Å²) in [7, 11) is -3.92. The number of sulfonamides is 1. The maximum absolute atomic E-state index is 13.6. The largest absolute Gasteiger partial charge is 0.398 e. The monoisotopic (exact) mass is 288 g/mol. The summed E-state index contributed by atoms with van der Waals surface area (Å²) in [6.45, 7) is 5.85. The molecule has 0 aromatic heterocycles. The van der Waals surface area contributed by atoms with Crippen molar-refractivity contribution in [2.45, 2.75) is 44.6 Å². The molecule has 0 saturated carbocycles. The molecule has 1 aromatic carbocycles. The van der Waals surface area contributed by atoms with E-state index in [9.17, 15) is 12.8 Å². The highest BCUT2D eigenvalue weighted by atomic mass is 32.2. The van der Waals surface area contributed by atoms with E-state index >= 15 is 0 Å². The molecule has 0 aliphatic carbocycles. The summed E-state index contributed by atoms with van der Waals surface area (Å²) in [6.07, 6.45) is 1.66. The lowest BCUT2D eigenvalue weighted by Crippen LogP contribution is -2.34. The van der Waals surface area contributed by atoms with E-state index in [1.165, 1.54) is 12.1 Å². The lowest BCUT2D eigenvalue weighted by Gasteiger charge is -2.18. The van der Waals surface area contributed by atoms with Crippen LogP contribution in [0.2, 0.25) is 0 Å². The van der Waals surface area contributed by atoms with E-state index in [1.807, 2.05) is 13.8 Å². The summed E-state index contributed by atoms with van der Waals surface area (Å²) in [5.74, 6) is -0.432.